The fourth-order valence-corrected chi connectivity index (χ4v) is 1.53. The van der Waals surface area contributed by atoms with Crippen LogP contribution in [0.25, 0.3) is 0 Å². The zero-order chi connectivity index (χ0) is 10.8. The Morgan fingerprint density at radius 3 is 2.57 bits per heavy atom. The van der Waals surface area contributed by atoms with Crippen LogP contribution in [-0.2, 0) is 9.53 Å². The van der Waals surface area contributed by atoms with Crippen molar-refractivity contribution in [2.24, 2.45) is 5.92 Å². The lowest BCUT2D eigenvalue weighted by Crippen LogP contribution is -2.26. The summed E-state index contributed by atoms with van der Waals surface area (Å²) in [5.41, 5.74) is -0.467. The van der Waals surface area contributed by atoms with Gasteiger partial charge < -0.3 is 17.7 Å². The molecule has 0 spiro atoms. The first-order chi connectivity index (χ1) is 6.45. The van der Waals surface area contributed by atoms with Crippen LogP contribution >= 0.6 is 0 Å². The number of carbonyl (C=O) groups excluding carboxylic acids is 1. The third-order valence-electron chi connectivity index (χ3n) is 2.40. The monoisotopic (exact) mass is 207 g/mol. The predicted octanol–water partition coefficient (Wildman–Crippen LogP) is 2.27. The van der Waals surface area contributed by atoms with Crippen molar-refractivity contribution in [1.82, 2.24) is 0 Å². The second-order valence-electron chi connectivity index (χ2n) is 3.35. The van der Waals surface area contributed by atoms with E-state index in [0.717, 1.165) is 6.08 Å². The number of esters is 1. The molecule has 1 unspecified atom stereocenters. The molecule has 0 radical (unpaired) electrons. The summed E-state index contributed by atoms with van der Waals surface area (Å²) >= 11 is 0. The maximum absolute atomic E-state index is 12.2. The van der Waals surface area contributed by atoms with Gasteiger partial charge in [-0.05, 0) is 12.8 Å². The molecule has 0 amide bonds. The van der Waals surface area contributed by atoms with Crippen LogP contribution in [0.3, 0.4) is 0 Å². The molecule has 1 atom stereocenters. The summed E-state index contributed by atoms with van der Waals surface area (Å²) in [6.45, 7) is -4.87. The topological polar surface area (TPSA) is 26.3 Å². The molecule has 1 rings (SSSR count). The molecular weight excluding hydrogens is 196 g/mol. The quantitative estimate of drug-likeness (QED) is 0.512. The first-order valence-electron chi connectivity index (χ1n) is 4.42. The van der Waals surface area contributed by atoms with Gasteiger partial charge in [0.2, 0.25) is 0 Å². The maximum atomic E-state index is 12.2. The van der Waals surface area contributed by atoms with Crippen LogP contribution in [-0.4, -0.2) is 20.1 Å². The molecule has 0 saturated heterocycles. The van der Waals surface area contributed by atoms with Crippen molar-refractivity contribution >= 4 is 12.9 Å². The Morgan fingerprint density at radius 1 is 1.57 bits per heavy atom. The van der Waals surface area contributed by atoms with Gasteiger partial charge in [0, 0.05) is 0 Å². The summed E-state index contributed by atoms with van der Waals surface area (Å²) in [6, 6.07) is 0. The molecule has 0 bridgehead atoms. The third kappa shape index (κ3) is 2.53. The minimum atomic E-state index is -4.87. The van der Waals surface area contributed by atoms with Gasteiger partial charge in [0.05, 0.1) is 13.0 Å². The Kier molecular flexibility index (Phi) is 3.23. The second kappa shape index (κ2) is 4.06. The first kappa shape index (κ1) is 11.1. The number of halogens is 3. The van der Waals surface area contributed by atoms with Crippen molar-refractivity contribution < 1.29 is 22.5 Å². The van der Waals surface area contributed by atoms with Crippen LogP contribution < -0.4 is 0 Å². The molecule has 14 heavy (non-hydrogen) atoms. The van der Waals surface area contributed by atoms with Crippen molar-refractivity contribution in [3.8, 4) is 0 Å². The van der Waals surface area contributed by atoms with Crippen molar-refractivity contribution in [2.75, 3.05) is 7.11 Å². The lowest BCUT2D eigenvalue weighted by Gasteiger charge is -2.26. The van der Waals surface area contributed by atoms with Crippen LogP contribution in [0.1, 0.15) is 19.3 Å². The van der Waals surface area contributed by atoms with E-state index in [1.807, 2.05) is 0 Å². The summed E-state index contributed by atoms with van der Waals surface area (Å²) in [7, 11) is 1.25. The number of allylic oxidation sites excluding steroid dienone is 2. The lowest BCUT2D eigenvalue weighted by molar-refractivity contribution is -0.145. The van der Waals surface area contributed by atoms with Gasteiger partial charge in [0.15, 0.2) is 0 Å². The average molecular weight is 207 g/mol. The normalized spacial score (nSPS) is 22.9. The van der Waals surface area contributed by atoms with Crippen LogP contribution in [0.5, 0.6) is 0 Å². The van der Waals surface area contributed by atoms with Crippen molar-refractivity contribution in [3.05, 3.63) is 11.5 Å². The molecule has 0 saturated carbocycles. The van der Waals surface area contributed by atoms with E-state index >= 15 is 0 Å². The van der Waals surface area contributed by atoms with Crippen LogP contribution in [0.2, 0.25) is 0 Å². The molecule has 0 aromatic carbocycles. The average Bonchev–Trinajstić information content (AvgIpc) is 2.15. The lowest BCUT2D eigenvalue weighted by atomic mass is 9.71. The van der Waals surface area contributed by atoms with Gasteiger partial charge in [-0.2, -0.15) is 0 Å². The first-order valence-corrected chi connectivity index (χ1v) is 4.42. The third-order valence-corrected chi connectivity index (χ3v) is 2.40. The highest BCUT2D eigenvalue weighted by Crippen LogP contribution is 2.32. The van der Waals surface area contributed by atoms with E-state index in [1.165, 1.54) is 7.11 Å². The molecule has 0 N–H and O–H groups in total. The molecule has 0 fully saturated rings. The van der Waals surface area contributed by atoms with E-state index in [-0.39, 0.29) is 19.3 Å². The second-order valence-corrected chi connectivity index (χ2v) is 3.35. The Balaban J connectivity index is 2.60. The molecule has 0 aliphatic heterocycles. The summed E-state index contributed by atoms with van der Waals surface area (Å²) in [4.78, 5) is 11.0. The molecule has 0 heterocycles. The molecule has 6 heteroatoms. The molecule has 0 aromatic rings. The number of hydrogen-bond acceptors (Lipinski definition) is 2. The maximum Gasteiger partial charge on any atom is 0.505 e. The SMILES string of the molecule is COC(=O)C1CC=C([B-](F)(F)F)CC1. The van der Waals surface area contributed by atoms with E-state index < -0.39 is 24.3 Å². The fraction of sp³-hybridized carbons (Fsp3) is 0.625. The highest BCUT2D eigenvalue weighted by Gasteiger charge is 2.32. The number of carbonyl (C=O) groups is 1. The zero-order valence-corrected chi connectivity index (χ0v) is 7.80. The Bertz CT molecular complexity index is 260. The Morgan fingerprint density at radius 2 is 2.21 bits per heavy atom. The fourth-order valence-electron chi connectivity index (χ4n) is 1.53. The van der Waals surface area contributed by atoms with E-state index in [9.17, 15) is 17.7 Å². The molecule has 1 aliphatic rings. The van der Waals surface area contributed by atoms with Crippen LogP contribution in [0, 0.1) is 5.92 Å². The van der Waals surface area contributed by atoms with Gasteiger partial charge >= 0.3 is 12.9 Å². The van der Waals surface area contributed by atoms with Gasteiger partial charge in [-0.3, -0.25) is 4.79 Å². The van der Waals surface area contributed by atoms with Gasteiger partial charge in [-0.15, -0.1) is 11.5 Å². The highest BCUT2D eigenvalue weighted by atomic mass is 19.4. The van der Waals surface area contributed by atoms with Gasteiger partial charge in [-0.25, -0.2) is 0 Å². The summed E-state index contributed by atoms with van der Waals surface area (Å²) < 4.78 is 41.2. The van der Waals surface area contributed by atoms with Gasteiger partial charge in [-0.1, -0.05) is 6.42 Å². The summed E-state index contributed by atoms with van der Waals surface area (Å²) in [5, 5.41) is 0. The molecular formula is C8H11BF3O2-. The minimum Gasteiger partial charge on any atom is -0.469 e. The number of hydrogen-bond donors (Lipinski definition) is 0. The van der Waals surface area contributed by atoms with Crippen LogP contribution in [0.4, 0.5) is 12.9 Å². The van der Waals surface area contributed by atoms with E-state index in [1.54, 1.807) is 0 Å². The number of methoxy groups -OCH3 is 1. The summed E-state index contributed by atoms with van der Waals surface area (Å²) in [6.07, 6.45) is 1.43. The largest absolute Gasteiger partial charge is 0.505 e. The number of ether oxygens (including phenoxy) is 1. The van der Waals surface area contributed by atoms with Gasteiger partial charge in [0.1, 0.15) is 0 Å². The molecule has 0 aromatic heterocycles. The molecule has 2 nitrogen and oxygen atoms in total. The number of rotatable bonds is 2. The molecule has 80 valence electrons. The molecule has 1 aliphatic carbocycles. The Hall–Kier alpha value is -0.935. The highest BCUT2D eigenvalue weighted by molar-refractivity contribution is 6.66. The predicted molar refractivity (Wildman–Crippen MR) is 46.5 cm³/mol. The van der Waals surface area contributed by atoms with Gasteiger partial charge in [0.25, 0.3) is 0 Å². The van der Waals surface area contributed by atoms with E-state index in [4.69, 9.17) is 0 Å². The smallest absolute Gasteiger partial charge is 0.469 e. The minimum absolute atomic E-state index is 0.0662. The zero-order valence-electron chi connectivity index (χ0n) is 7.80. The standard InChI is InChI=1S/C8H11BF3O2/c1-14-8(13)6-2-4-7(5-3-6)9(10,11)12/h4,6H,2-3,5H2,1H3/q-1. The van der Waals surface area contributed by atoms with E-state index in [2.05, 4.69) is 4.74 Å². The summed E-state index contributed by atoms with van der Waals surface area (Å²) in [5.74, 6) is -0.822. The Labute approximate surface area is 80.2 Å². The van der Waals surface area contributed by atoms with E-state index in [0.29, 0.717) is 0 Å². The van der Waals surface area contributed by atoms with Crippen molar-refractivity contribution in [1.29, 1.82) is 0 Å². The van der Waals surface area contributed by atoms with Crippen molar-refractivity contribution in [2.45, 2.75) is 19.3 Å². The van der Waals surface area contributed by atoms with Crippen molar-refractivity contribution in [3.63, 3.8) is 0 Å². The van der Waals surface area contributed by atoms with Crippen LogP contribution in [0.15, 0.2) is 11.5 Å².